The number of aromatic amines is 1. The van der Waals surface area contributed by atoms with Crippen LogP contribution in [-0.4, -0.2) is 32.1 Å². The summed E-state index contributed by atoms with van der Waals surface area (Å²) < 4.78 is 0. The molecule has 9 heteroatoms. The quantitative estimate of drug-likeness (QED) is 0.451. The fourth-order valence-corrected chi connectivity index (χ4v) is 2.89. The van der Waals surface area contributed by atoms with Crippen LogP contribution in [0.2, 0.25) is 0 Å². The molecule has 0 aliphatic carbocycles. The average molecular weight is 362 g/mol. The number of hydrogen-bond acceptors (Lipinski definition) is 6. The molecule has 0 spiro atoms. The number of hydrogen-bond donors (Lipinski definition) is 4. The predicted molar refractivity (Wildman–Crippen MR) is 94.8 cm³/mol. The van der Waals surface area contributed by atoms with Gasteiger partial charge in [0.1, 0.15) is 0 Å². The summed E-state index contributed by atoms with van der Waals surface area (Å²) in [6.07, 6.45) is 0.346. The Labute approximate surface area is 147 Å². The molecule has 0 saturated carbocycles. The summed E-state index contributed by atoms with van der Waals surface area (Å²) in [5, 5.41) is 11.9. The number of nitrogens with two attached hydrogens (primary N) is 1. The summed E-state index contributed by atoms with van der Waals surface area (Å²) in [5.74, 6) is -1.40. The molecular formula is C16H18N4O4S. The van der Waals surface area contributed by atoms with Gasteiger partial charge in [-0.15, -0.1) is 0 Å². The summed E-state index contributed by atoms with van der Waals surface area (Å²) in [6.45, 7) is 3.34. The Morgan fingerprint density at radius 3 is 2.68 bits per heavy atom. The maximum Gasteiger partial charge on any atom is 0.258 e. The van der Waals surface area contributed by atoms with Gasteiger partial charge in [-0.25, -0.2) is 0 Å². The Bertz CT molecular complexity index is 865. The van der Waals surface area contributed by atoms with Gasteiger partial charge >= 0.3 is 0 Å². The van der Waals surface area contributed by atoms with E-state index in [-0.39, 0.29) is 22.2 Å². The summed E-state index contributed by atoms with van der Waals surface area (Å²) in [4.78, 5) is 42.0. The van der Waals surface area contributed by atoms with E-state index in [1.165, 1.54) is 6.07 Å². The molecule has 1 aromatic heterocycles. The third-order valence-corrected chi connectivity index (χ3v) is 4.42. The first-order valence-corrected chi connectivity index (χ1v) is 8.40. The maximum absolute atomic E-state index is 12.3. The van der Waals surface area contributed by atoms with Crippen LogP contribution in [0.15, 0.2) is 34.2 Å². The first-order chi connectivity index (χ1) is 11.8. The number of carbonyl (C=O) groups is 2. The van der Waals surface area contributed by atoms with E-state index in [4.69, 9.17) is 5.73 Å². The summed E-state index contributed by atoms with van der Waals surface area (Å²) >= 11 is 0.978. The highest BCUT2D eigenvalue weighted by molar-refractivity contribution is 8.00. The number of anilines is 1. The van der Waals surface area contributed by atoms with E-state index in [1.807, 2.05) is 0 Å². The number of primary amides is 1. The second-order valence-electron chi connectivity index (χ2n) is 5.19. The zero-order valence-corrected chi connectivity index (χ0v) is 14.5. The van der Waals surface area contributed by atoms with Gasteiger partial charge in [0.05, 0.1) is 22.1 Å². The molecule has 132 valence electrons. The number of carbonyl (C=O) groups excluding carboxylic acids is 2. The monoisotopic (exact) mass is 362 g/mol. The van der Waals surface area contributed by atoms with Crippen LogP contribution in [0.25, 0.3) is 0 Å². The summed E-state index contributed by atoms with van der Waals surface area (Å²) in [7, 11) is 0. The van der Waals surface area contributed by atoms with Gasteiger partial charge in [0, 0.05) is 0 Å². The number of H-pyrrole nitrogens is 1. The molecule has 1 unspecified atom stereocenters. The molecular weight excluding hydrogens is 344 g/mol. The Morgan fingerprint density at radius 1 is 1.40 bits per heavy atom. The van der Waals surface area contributed by atoms with Gasteiger partial charge in [-0.05, 0) is 25.5 Å². The van der Waals surface area contributed by atoms with E-state index in [0.717, 1.165) is 11.8 Å². The van der Waals surface area contributed by atoms with Crippen molar-refractivity contribution in [1.29, 1.82) is 0 Å². The van der Waals surface area contributed by atoms with Gasteiger partial charge < -0.3 is 21.1 Å². The van der Waals surface area contributed by atoms with E-state index in [0.29, 0.717) is 12.1 Å². The number of para-hydroxylation sites is 1. The van der Waals surface area contributed by atoms with Crippen molar-refractivity contribution in [3.8, 4) is 5.88 Å². The van der Waals surface area contributed by atoms with Crippen molar-refractivity contribution >= 4 is 29.3 Å². The van der Waals surface area contributed by atoms with Crippen molar-refractivity contribution in [2.24, 2.45) is 5.73 Å². The van der Waals surface area contributed by atoms with Gasteiger partial charge in [-0.2, -0.15) is 4.98 Å². The molecule has 5 N–H and O–H groups in total. The minimum atomic E-state index is -0.651. The number of amides is 2. The molecule has 8 nitrogen and oxygen atoms in total. The molecule has 1 heterocycles. The molecule has 1 aromatic carbocycles. The molecule has 2 amide bonds. The van der Waals surface area contributed by atoms with Crippen LogP contribution in [0.3, 0.4) is 0 Å². The Kier molecular flexibility index (Phi) is 5.81. The first-order valence-electron chi connectivity index (χ1n) is 7.52. The van der Waals surface area contributed by atoms with Gasteiger partial charge in [0.25, 0.3) is 11.5 Å². The number of thioether (sulfide) groups is 1. The zero-order valence-electron chi connectivity index (χ0n) is 13.7. The smallest absolute Gasteiger partial charge is 0.258 e. The number of aromatic hydroxyl groups is 1. The Morgan fingerprint density at radius 2 is 2.08 bits per heavy atom. The number of rotatable bonds is 6. The van der Waals surface area contributed by atoms with Crippen LogP contribution >= 0.6 is 11.8 Å². The Hall–Kier alpha value is -2.81. The molecule has 0 aliphatic heterocycles. The van der Waals surface area contributed by atoms with Crippen molar-refractivity contribution in [2.75, 3.05) is 5.32 Å². The third kappa shape index (κ3) is 4.38. The zero-order chi connectivity index (χ0) is 18.6. The van der Waals surface area contributed by atoms with E-state index in [2.05, 4.69) is 15.3 Å². The highest BCUT2D eigenvalue weighted by Gasteiger charge is 2.19. The van der Waals surface area contributed by atoms with Crippen molar-refractivity contribution in [2.45, 2.75) is 30.7 Å². The summed E-state index contributed by atoms with van der Waals surface area (Å²) in [6, 6.07) is 6.38. The fourth-order valence-electron chi connectivity index (χ4n) is 2.10. The first kappa shape index (κ1) is 18.5. The van der Waals surface area contributed by atoms with Crippen LogP contribution in [0, 0.1) is 0 Å². The second kappa shape index (κ2) is 7.84. The van der Waals surface area contributed by atoms with Crippen LogP contribution in [0.4, 0.5) is 5.69 Å². The minimum Gasteiger partial charge on any atom is -0.493 e. The highest BCUT2D eigenvalue weighted by atomic mass is 32.2. The molecule has 25 heavy (non-hydrogen) atoms. The van der Waals surface area contributed by atoms with Crippen molar-refractivity contribution in [1.82, 2.24) is 9.97 Å². The van der Waals surface area contributed by atoms with E-state index in [1.54, 1.807) is 32.0 Å². The van der Waals surface area contributed by atoms with Crippen molar-refractivity contribution in [3.63, 3.8) is 0 Å². The lowest BCUT2D eigenvalue weighted by Gasteiger charge is -2.13. The van der Waals surface area contributed by atoms with Crippen LogP contribution in [0.5, 0.6) is 5.88 Å². The fraction of sp³-hybridized carbons (Fsp3) is 0.250. The van der Waals surface area contributed by atoms with Crippen LogP contribution in [-0.2, 0) is 11.2 Å². The lowest BCUT2D eigenvalue weighted by Crippen LogP contribution is -2.25. The third-order valence-electron chi connectivity index (χ3n) is 3.43. The number of aromatic nitrogens is 2. The van der Waals surface area contributed by atoms with E-state index >= 15 is 0 Å². The molecule has 0 bridgehead atoms. The number of benzene rings is 1. The minimum absolute atomic E-state index is 0.130. The lowest BCUT2D eigenvalue weighted by atomic mass is 10.1. The lowest BCUT2D eigenvalue weighted by molar-refractivity contribution is -0.115. The largest absolute Gasteiger partial charge is 0.493 e. The standard InChI is InChI=1S/C16H18N4O4S/c1-3-9-14(23)19-16(20-15(9)24)25-8(2)13(22)18-11-7-5-4-6-10(11)12(17)21/h4-8H,3H2,1-2H3,(H2,17,21)(H,18,22)(H2,19,20,23,24). The molecule has 2 aromatic rings. The highest BCUT2D eigenvalue weighted by Crippen LogP contribution is 2.23. The maximum atomic E-state index is 12.3. The van der Waals surface area contributed by atoms with E-state index < -0.39 is 22.6 Å². The predicted octanol–water partition coefficient (Wildman–Crippen LogP) is 1.26. The van der Waals surface area contributed by atoms with Crippen LogP contribution < -0.4 is 16.6 Å². The number of nitrogens with zero attached hydrogens (tertiary/aromatic N) is 1. The van der Waals surface area contributed by atoms with Gasteiger partial charge in [0.2, 0.25) is 11.8 Å². The topological polar surface area (TPSA) is 138 Å². The molecule has 0 fully saturated rings. The van der Waals surface area contributed by atoms with Crippen LogP contribution in [0.1, 0.15) is 29.8 Å². The SMILES string of the molecule is CCc1c(O)nc(SC(C)C(=O)Nc2ccccc2C(N)=O)[nH]c1=O. The van der Waals surface area contributed by atoms with Gasteiger partial charge in [-0.3, -0.25) is 14.4 Å². The van der Waals surface area contributed by atoms with Crippen molar-refractivity contribution in [3.05, 3.63) is 45.7 Å². The molecule has 0 aliphatic rings. The van der Waals surface area contributed by atoms with E-state index in [9.17, 15) is 19.5 Å². The Balaban J connectivity index is 2.14. The normalized spacial score (nSPS) is 11.8. The van der Waals surface area contributed by atoms with Crippen molar-refractivity contribution < 1.29 is 14.7 Å². The average Bonchev–Trinajstić information content (AvgIpc) is 2.54. The second-order valence-corrected chi connectivity index (χ2v) is 6.52. The van der Waals surface area contributed by atoms with Gasteiger partial charge in [0.15, 0.2) is 5.16 Å². The molecule has 1 atom stereocenters. The molecule has 0 saturated heterocycles. The van der Waals surface area contributed by atoms with Gasteiger partial charge in [-0.1, -0.05) is 30.8 Å². The molecule has 0 radical (unpaired) electrons. The summed E-state index contributed by atoms with van der Waals surface area (Å²) in [5.41, 5.74) is 5.53. The molecule has 2 rings (SSSR count). The number of nitrogens with one attached hydrogen (secondary N) is 2.